The summed E-state index contributed by atoms with van der Waals surface area (Å²) in [5.74, 6) is -0.557. The summed E-state index contributed by atoms with van der Waals surface area (Å²) in [7, 11) is 0. The number of anilines is 1. The van der Waals surface area contributed by atoms with E-state index in [1.54, 1.807) is 29.1 Å². The van der Waals surface area contributed by atoms with Crippen molar-refractivity contribution in [2.75, 3.05) is 5.32 Å². The number of carbonyl (C=O) groups excluding carboxylic acids is 1. The second kappa shape index (κ2) is 7.16. The Bertz CT molecular complexity index is 1260. The molecule has 3 aromatic carbocycles. The highest BCUT2D eigenvalue weighted by molar-refractivity contribution is 6.07. The van der Waals surface area contributed by atoms with Gasteiger partial charge in [0, 0.05) is 11.8 Å². The van der Waals surface area contributed by atoms with Gasteiger partial charge in [-0.25, -0.2) is 0 Å². The molecule has 1 heterocycles. The molecule has 8 nitrogen and oxygen atoms in total. The molecule has 4 aromatic rings. The molecule has 0 aliphatic heterocycles. The monoisotopic (exact) mass is 387 g/mol. The molecule has 0 unspecified atom stereocenters. The van der Waals surface area contributed by atoms with Crippen molar-refractivity contribution in [3.63, 3.8) is 0 Å². The Hall–Kier alpha value is -4.07. The quantitative estimate of drug-likeness (QED) is 0.418. The van der Waals surface area contributed by atoms with Gasteiger partial charge < -0.3 is 5.32 Å². The van der Waals surface area contributed by atoms with Gasteiger partial charge in [0.2, 0.25) is 0 Å². The third kappa shape index (κ3) is 3.55. The molecule has 4 rings (SSSR count). The van der Waals surface area contributed by atoms with E-state index in [4.69, 9.17) is 0 Å². The molecular weight excluding hydrogens is 370 g/mol. The Morgan fingerprint density at radius 1 is 0.966 bits per heavy atom. The van der Waals surface area contributed by atoms with Gasteiger partial charge in [-0.15, -0.1) is 10.2 Å². The summed E-state index contributed by atoms with van der Waals surface area (Å²) in [6, 6.07) is 16.9. The zero-order chi connectivity index (χ0) is 20.5. The molecule has 8 heteroatoms. The average Bonchev–Trinajstić information content (AvgIpc) is 3.13. The second-order valence-electron chi connectivity index (χ2n) is 6.69. The van der Waals surface area contributed by atoms with E-state index in [1.807, 2.05) is 32.0 Å². The van der Waals surface area contributed by atoms with E-state index in [2.05, 4.69) is 15.5 Å². The maximum Gasteiger partial charge on any atom is 0.282 e. The van der Waals surface area contributed by atoms with Gasteiger partial charge in [0.25, 0.3) is 11.6 Å². The van der Waals surface area contributed by atoms with Crippen LogP contribution in [0.25, 0.3) is 16.7 Å². The van der Waals surface area contributed by atoms with Crippen LogP contribution in [0, 0.1) is 24.0 Å². The molecule has 0 fully saturated rings. The van der Waals surface area contributed by atoms with E-state index < -0.39 is 10.8 Å². The highest BCUT2D eigenvalue weighted by Crippen LogP contribution is 2.22. The Morgan fingerprint density at radius 2 is 1.72 bits per heavy atom. The van der Waals surface area contributed by atoms with Crippen molar-refractivity contribution >= 4 is 28.3 Å². The number of hydrogen-bond donors (Lipinski definition) is 1. The fourth-order valence-electron chi connectivity index (χ4n) is 2.98. The van der Waals surface area contributed by atoms with E-state index in [9.17, 15) is 14.9 Å². The summed E-state index contributed by atoms with van der Waals surface area (Å²) in [5.41, 5.74) is 4.67. The Morgan fingerprint density at radius 3 is 2.48 bits per heavy atom. The molecule has 0 aliphatic rings. The predicted octanol–water partition coefficient (Wildman–Crippen LogP) is 4.20. The average molecular weight is 387 g/mol. The van der Waals surface area contributed by atoms with Crippen molar-refractivity contribution in [3.05, 3.63) is 87.5 Å². The lowest BCUT2D eigenvalue weighted by molar-refractivity contribution is -0.385. The molecule has 1 N–H and O–H groups in total. The van der Waals surface area contributed by atoms with Gasteiger partial charge in [-0.2, -0.15) is 4.80 Å². The van der Waals surface area contributed by atoms with E-state index in [0.717, 1.165) is 11.3 Å². The van der Waals surface area contributed by atoms with Crippen molar-refractivity contribution < 1.29 is 9.72 Å². The number of carbonyl (C=O) groups is 1. The number of nitrogens with zero attached hydrogens (tertiary/aromatic N) is 4. The lowest BCUT2D eigenvalue weighted by atomic mass is 10.1. The van der Waals surface area contributed by atoms with Crippen molar-refractivity contribution in [3.8, 4) is 5.69 Å². The van der Waals surface area contributed by atoms with Crippen molar-refractivity contribution in [1.82, 2.24) is 15.0 Å². The first-order valence-electron chi connectivity index (χ1n) is 8.92. The van der Waals surface area contributed by atoms with Crippen molar-refractivity contribution in [2.24, 2.45) is 0 Å². The van der Waals surface area contributed by atoms with Gasteiger partial charge in [-0.1, -0.05) is 18.2 Å². The predicted molar refractivity (Wildman–Crippen MR) is 109 cm³/mol. The summed E-state index contributed by atoms with van der Waals surface area (Å²) in [4.78, 5) is 24.6. The number of benzene rings is 3. The highest BCUT2D eigenvalue weighted by Gasteiger charge is 2.19. The van der Waals surface area contributed by atoms with Crippen LogP contribution in [0.5, 0.6) is 0 Å². The van der Waals surface area contributed by atoms with Crippen LogP contribution in [0.3, 0.4) is 0 Å². The minimum atomic E-state index is -0.576. The van der Waals surface area contributed by atoms with Gasteiger partial charge in [-0.05, 0) is 61.4 Å². The summed E-state index contributed by atoms with van der Waals surface area (Å²) in [6.07, 6.45) is 0. The van der Waals surface area contributed by atoms with Gasteiger partial charge in [0.15, 0.2) is 0 Å². The maximum absolute atomic E-state index is 12.5. The van der Waals surface area contributed by atoms with Crippen LogP contribution in [0.1, 0.15) is 21.5 Å². The smallest absolute Gasteiger partial charge is 0.282 e. The molecule has 0 spiro atoms. The van der Waals surface area contributed by atoms with Crippen LogP contribution < -0.4 is 5.32 Å². The highest BCUT2D eigenvalue weighted by atomic mass is 16.6. The normalized spacial score (nSPS) is 10.8. The Labute approximate surface area is 165 Å². The first-order chi connectivity index (χ1) is 13.9. The lowest BCUT2D eigenvalue weighted by Gasteiger charge is -2.05. The summed E-state index contributed by atoms with van der Waals surface area (Å²) >= 11 is 0. The molecule has 0 radical (unpaired) electrons. The van der Waals surface area contributed by atoms with Crippen LogP contribution in [-0.2, 0) is 0 Å². The minimum Gasteiger partial charge on any atom is -0.322 e. The SMILES string of the molecule is Cc1ccc(-n2nc3ccc(NC(=O)c4ccccc4[N+](=O)[O-])cc3n2)cc1C. The number of hydrogen-bond acceptors (Lipinski definition) is 5. The summed E-state index contributed by atoms with van der Waals surface area (Å²) in [5, 5.41) is 22.8. The van der Waals surface area contributed by atoms with Gasteiger partial charge >= 0.3 is 0 Å². The fraction of sp³-hybridized carbons (Fsp3) is 0.0952. The number of nitro benzene ring substituents is 1. The number of nitrogens with one attached hydrogen (secondary N) is 1. The number of nitro groups is 1. The molecule has 0 saturated carbocycles. The van der Waals surface area contributed by atoms with E-state index in [-0.39, 0.29) is 11.3 Å². The number of fused-ring (bicyclic) bond motifs is 1. The topological polar surface area (TPSA) is 103 Å². The zero-order valence-electron chi connectivity index (χ0n) is 15.8. The minimum absolute atomic E-state index is 0.00335. The van der Waals surface area contributed by atoms with E-state index in [1.165, 1.54) is 23.8 Å². The number of para-hydroxylation sites is 1. The molecule has 0 bridgehead atoms. The van der Waals surface area contributed by atoms with E-state index in [0.29, 0.717) is 16.7 Å². The van der Waals surface area contributed by atoms with Crippen LogP contribution in [0.4, 0.5) is 11.4 Å². The first kappa shape index (κ1) is 18.3. The van der Waals surface area contributed by atoms with Crippen LogP contribution in [0.2, 0.25) is 0 Å². The Kier molecular flexibility index (Phi) is 4.52. The molecule has 0 saturated heterocycles. The zero-order valence-corrected chi connectivity index (χ0v) is 15.8. The number of rotatable bonds is 4. The maximum atomic E-state index is 12.5. The third-order valence-corrected chi connectivity index (χ3v) is 4.70. The summed E-state index contributed by atoms with van der Waals surface area (Å²) in [6.45, 7) is 4.07. The molecule has 144 valence electrons. The van der Waals surface area contributed by atoms with Crippen molar-refractivity contribution in [1.29, 1.82) is 0 Å². The van der Waals surface area contributed by atoms with Gasteiger partial charge in [0.1, 0.15) is 16.6 Å². The number of aromatic nitrogens is 3. The van der Waals surface area contributed by atoms with Crippen LogP contribution in [-0.4, -0.2) is 25.8 Å². The first-order valence-corrected chi connectivity index (χ1v) is 8.92. The number of aryl methyl sites for hydroxylation is 2. The van der Waals surface area contributed by atoms with Crippen LogP contribution >= 0.6 is 0 Å². The summed E-state index contributed by atoms with van der Waals surface area (Å²) < 4.78 is 0. The van der Waals surface area contributed by atoms with Gasteiger partial charge in [-0.3, -0.25) is 14.9 Å². The van der Waals surface area contributed by atoms with Crippen LogP contribution in [0.15, 0.2) is 60.7 Å². The molecular formula is C21H17N5O3. The molecule has 0 aliphatic carbocycles. The largest absolute Gasteiger partial charge is 0.322 e. The number of amides is 1. The van der Waals surface area contributed by atoms with Crippen molar-refractivity contribution in [2.45, 2.75) is 13.8 Å². The fourth-order valence-corrected chi connectivity index (χ4v) is 2.98. The third-order valence-electron chi connectivity index (χ3n) is 4.70. The lowest BCUT2D eigenvalue weighted by Crippen LogP contribution is -2.13. The van der Waals surface area contributed by atoms with Gasteiger partial charge in [0.05, 0.1) is 10.6 Å². The molecule has 0 atom stereocenters. The standard InChI is InChI=1S/C21H17N5O3/c1-13-7-9-16(11-14(13)2)25-23-18-10-8-15(12-19(18)24-25)22-21(27)17-5-3-4-6-20(17)26(28)29/h3-12H,1-2H3,(H,22,27). The Balaban J connectivity index is 1.63. The molecule has 29 heavy (non-hydrogen) atoms. The molecule has 1 amide bonds. The molecule has 1 aromatic heterocycles. The second-order valence-corrected chi connectivity index (χ2v) is 6.69. The van der Waals surface area contributed by atoms with E-state index >= 15 is 0 Å².